The Kier molecular flexibility index (Phi) is 9.09. The van der Waals surface area contributed by atoms with Crippen LogP contribution in [0.25, 0.3) is 0 Å². The standard InChI is InChI=1S/C21H36N4/c1-3-22-16-18-24(20-22)14-12-10-8-6-5-7-9-11-13-15-25-19-17-23(4-2)21-25/h3-4,16-19H,1-2,5-15,20-21H2. The molecule has 0 unspecified atom stereocenters. The SMILES string of the molecule is C=CN1C=CN(CCCCCCCCCCCN2C=CN(C=C)C2)C1. The van der Waals surface area contributed by atoms with Gasteiger partial charge >= 0.3 is 0 Å². The van der Waals surface area contributed by atoms with Crippen LogP contribution in [0.5, 0.6) is 0 Å². The molecular weight excluding hydrogens is 308 g/mol. The molecule has 0 amide bonds. The van der Waals surface area contributed by atoms with Gasteiger partial charge in [0.1, 0.15) is 0 Å². The molecule has 2 heterocycles. The van der Waals surface area contributed by atoms with Gasteiger partial charge in [0.25, 0.3) is 0 Å². The second-order valence-corrected chi connectivity index (χ2v) is 7.08. The highest BCUT2D eigenvalue weighted by atomic mass is 15.3. The highest BCUT2D eigenvalue weighted by molar-refractivity contribution is 4.95. The van der Waals surface area contributed by atoms with Gasteiger partial charge in [-0.3, -0.25) is 0 Å². The molecule has 0 atom stereocenters. The van der Waals surface area contributed by atoms with E-state index in [2.05, 4.69) is 57.6 Å². The van der Waals surface area contributed by atoms with Crippen molar-refractivity contribution < 1.29 is 0 Å². The zero-order valence-corrected chi connectivity index (χ0v) is 15.9. The Hall–Kier alpha value is -1.84. The summed E-state index contributed by atoms with van der Waals surface area (Å²) in [4.78, 5) is 8.97. The summed E-state index contributed by atoms with van der Waals surface area (Å²) in [6, 6.07) is 0. The van der Waals surface area contributed by atoms with E-state index in [9.17, 15) is 0 Å². The van der Waals surface area contributed by atoms with Crippen LogP contribution >= 0.6 is 0 Å². The van der Waals surface area contributed by atoms with E-state index < -0.39 is 0 Å². The van der Waals surface area contributed by atoms with Crippen molar-refractivity contribution in [3.63, 3.8) is 0 Å². The molecule has 0 fully saturated rings. The van der Waals surface area contributed by atoms with Gasteiger partial charge in [0.05, 0.1) is 13.3 Å². The first-order valence-electron chi connectivity index (χ1n) is 9.93. The second kappa shape index (κ2) is 11.7. The largest absolute Gasteiger partial charge is 0.358 e. The minimum atomic E-state index is 0.975. The fraction of sp³-hybridized carbons (Fsp3) is 0.619. The smallest absolute Gasteiger partial charge is 0.0935 e. The van der Waals surface area contributed by atoms with Crippen LogP contribution in [0.4, 0.5) is 0 Å². The third-order valence-corrected chi connectivity index (χ3v) is 4.99. The molecule has 2 rings (SSSR count). The molecule has 2 aliphatic heterocycles. The summed E-state index contributed by atoms with van der Waals surface area (Å²) in [5.41, 5.74) is 0. The third-order valence-electron chi connectivity index (χ3n) is 4.99. The first-order chi connectivity index (χ1) is 12.3. The first kappa shape index (κ1) is 19.5. The van der Waals surface area contributed by atoms with Crippen molar-refractivity contribution in [1.82, 2.24) is 19.6 Å². The summed E-state index contributed by atoms with van der Waals surface area (Å²) >= 11 is 0. The summed E-state index contributed by atoms with van der Waals surface area (Å²) in [5, 5.41) is 0. The van der Waals surface area contributed by atoms with E-state index >= 15 is 0 Å². The van der Waals surface area contributed by atoms with Crippen LogP contribution in [0, 0.1) is 0 Å². The molecule has 0 aromatic rings. The number of hydrogen-bond donors (Lipinski definition) is 0. The maximum Gasteiger partial charge on any atom is 0.0935 e. The fourth-order valence-corrected chi connectivity index (χ4v) is 3.36. The van der Waals surface area contributed by atoms with Gasteiger partial charge in [0.15, 0.2) is 0 Å². The highest BCUT2D eigenvalue weighted by Gasteiger charge is 2.09. The Morgan fingerprint density at radius 3 is 1.24 bits per heavy atom. The van der Waals surface area contributed by atoms with Gasteiger partial charge in [0.2, 0.25) is 0 Å². The van der Waals surface area contributed by atoms with Crippen molar-refractivity contribution in [1.29, 1.82) is 0 Å². The number of hydrogen-bond acceptors (Lipinski definition) is 4. The maximum absolute atomic E-state index is 3.80. The van der Waals surface area contributed by atoms with E-state index in [0.717, 1.165) is 13.3 Å². The van der Waals surface area contributed by atoms with Gasteiger partial charge in [-0.05, 0) is 25.2 Å². The molecule has 0 aromatic carbocycles. The van der Waals surface area contributed by atoms with Crippen LogP contribution in [0.15, 0.2) is 50.4 Å². The Balaban J connectivity index is 1.30. The van der Waals surface area contributed by atoms with Crippen LogP contribution in [0.3, 0.4) is 0 Å². The summed E-state index contributed by atoms with van der Waals surface area (Å²) < 4.78 is 0. The third kappa shape index (κ3) is 7.72. The molecule has 0 bridgehead atoms. The van der Waals surface area contributed by atoms with Gasteiger partial charge in [-0.15, -0.1) is 0 Å². The molecule has 2 aliphatic rings. The first-order valence-corrected chi connectivity index (χ1v) is 9.93. The molecule has 0 radical (unpaired) electrons. The molecule has 0 saturated carbocycles. The van der Waals surface area contributed by atoms with E-state index in [1.54, 1.807) is 0 Å². The van der Waals surface area contributed by atoms with E-state index in [0.29, 0.717) is 0 Å². The predicted octanol–water partition coefficient (Wildman–Crippen LogP) is 4.88. The monoisotopic (exact) mass is 344 g/mol. The van der Waals surface area contributed by atoms with Crippen molar-refractivity contribution in [2.24, 2.45) is 0 Å². The molecule has 0 N–H and O–H groups in total. The van der Waals surface area contributed by atoms with Crippen molar-refractivity contribution in [3.8, 4) is 0 Å². The highest BCUT2D eigenvalue weighted by Crippen LogP contribution is 2.13. The molecule has 140 valence electrons. The van der Waals surface area contributed by atoms with E-state index in [4.69, 9.17) is 0 Å². The van der Waals surface area contributed by atoms with Crippen LogP contribution in [-0.2, 0) is 0 Å². The zero-order valence-electron chi connectivity index (χ0n) is 15.9. The summed E-state index contributed by atoms with van der Waals surface area (Å²) in [6.45, 7) is 11.9. The Bertz CT molecular complexity index is 403. The minimum absolute atomic E-state index is 0.975. The predicted molar refractivity (Wildman–Crippen MR) is 107 cm³/mol. The molecule has 25 heavy (non-hydrogen) atoms. The Labute approximate surface area is 154 Å². The minimum Gasteiger partial charge on any atom is -0.358 e. The van der Waals surface area contributed by atoms with Gasteiger partial charge in [-0.25, -0.2) is 0 Å². The van der Waals surface area contributed by atoms with Crippen molar-refractivity contribution in [2.75, 3.05) is 26.4 Å². The molecule has 0 aromatic heterocycles. The number of unbranched alkanes of at least 4 members (excludes halogenated alkanes) is 8. The van der Waals surface area contributed by atoms with Crippen molar-refractivity contribution in [3.05, 3.63) is 50.4 Å². The lowest BCUT2D eigenvalue weighted by molar-refractivity contribution is 0.306. The van der Waals surface area contributed by atoms with E-state index in [1.807, 2.05) is 12.4 Å². The number of nitrogens with zero attached hydrogens (tertiary/aromatic N) is 4. The molecule has 0 aliphatic carbocycles. The van der Waals surface area contributed by atoms with Crippen LogP contribution in [0.1, 0.15) is 57.8 Å². The van der Waals surface area contributed by atoms with Crippen LogP contribution in [-0.4, -0.2) is 46.0 Å². The lowest BCUT2D eigenvalue weighted by Gasteiger charge is -2.18. The Morgan fingerprint density at radius 2 is 0.920 bits per heavy atom. The Morgan fingerprint density at radius 1 is 0.560 bits per heavy atom. The second-order valence-electron chi connectivity index (χ2n) is 7.08. The van der Waals surface area contributed by atoms with E-state index in [-0.39, 0.29) is 0 Å². The average molecular weight is 345 g/mol. The molecule has 4 heteroatoms. The van der Waals surface area contributed by atoms with Crippen LogP contribution in [0.2, 0.25) is 0 Å². The van der Waals surface area contributed by atoms with Gasteiger partial charge in [-0.2, -0.15) is 0 Å². The van der Waals surface area contributed by atoms with Gasteiger partial charge in [-0.1, -0.05) is 58.1 Å². The topological polar surface area (TPSA) is 13.0 Å². The van der Waals surface area contributed by atoms with Crippen molar-refractivity contribution >= 4 is 0 Å². The summed E-state index contributed by atoms with van der Waals surface area (Å²) in [7, 11) is 0. The quantitative estimate of drug-likeness (QED) is 0.416. The average Bonchev–Trinajstić information content (AvgIpc) is 3.28. The van der Waals surface area contributed by atoms with Gasteiger partial charge < -0.3 is 19.6 Å². The summed E-state index contributed by atoms with van der Waals surface area (Å²) in [5.74, 6) is 0. The van der Waals surface area contributed by atoms with Crippen LogP contribution < -0.4 is 0 Å². The molecule has 0 spiro atoms. The maximum atomic E-state index is 3.80. The lowest BCUT2D eigenvalue weighted by atomic mass is 10.1. The van der Waals surface area contributed by atoms with Gasteiger partial charge in [0, 0.05) is 37.9 Å². The molecule has 4 nitrogen and oxygen atoms in total. The molecular formula is C21H36N4. The fourth-order valence-electron chi connectivity index (χ4n) is 3.36. The van der Waals surface area contributed by atoms with Crippen molar-refractivity contribution in [2.45, 2.75) is 57.8 Å². The summed E-state index contributed by atoms with van der Waals surface area (Å²) in [6.07, 6.45) is 24.6. The number of rotatable bonds is 14. The normalized spacial score (nSPS) is 16.3. The lowest BCUT2D eigenvalue weighted by Crippen LogP contribution is -2.22. The zero-order chi connectivity index (χ0) is 17.7. The molecule has 0 saturated heterocycles. The van der Waals surface area contributed by atoms with E-state index in [1.165, 1.54) is 70.9 Å².